The van der Waals surface area contributed by atoms with Gasteiger partial charge in [-0.1, -0.05) is 0 Å². The van der Waals surface area contributed by atoms with Crippen molar-refractivity contribution in [2.45, 2.75) is 32.4 Å². The van der Waals surface area contributed by atoms with Crippen LogP contribution in [0.25, 0.3) is 21.8 Å². The Kier molecular flexibility index (Phi) is 6.21. The molecule has 0 saturated carbocycles. The maximum absolute atomic E-state index is 14.7. The summed E-state index contributed by atoms with van der Waals surface area (Å²) in [6.07, 6.45) is 5.19. The molecule has 1 N–H and O–H groups in total. The molecule has 35 heavy (non-hydrogen) atoms. The van der Waals surface area contributed by atoms with Crippen LogP contribution >= 0.6 is 11.6 Å². The number of aromatic nitrogens is 3. The molecule has 1 saturated heterocycles. The standard InChI is InChI=1S/C25H21ClF2N4O3/c1-13-9-16(23(30-19(33)11-26)14-5-4-7-29-22(13)14)25(34)15-10-18(27)21(28)24-17(15)12-32(31-24)20-6-2-3-8-35-20/h4-5,7,9-10,12,20H,2-3,6,8,11H2,1H3,(H,30,33). The Hall–Kier alpha value is -3.43. The third kappa shape index (κ3) is 4.15. The highest BCUT2D eigenvalue weighted by molar-refractivity contribution is 6.30. The van der Waals surface area contributed by atoms with Gasteiger partial charge in [-0.3, -0.25) is 14.6 Å². The zero-order valence-corrected chi connectivity index (χ0v) is 19.5. The summed E-state index contributed by atoms with van der Waals surface area (Å²) in [5, 5.41) is 7.57. The minimum Gasteiger partial charge on any atom is -0.357 e. The highest BCUT2D eigenvalue weighted by atomic mass is 35.5. The first-order valence-electron chi connectivity index (χ1n) is 11.2. The number of carbonyl (C=O) groups excluding carboxylic acids is 2. The van der Waals surface area contributed by atoms with Crippen LogP contribution in [-0.4, -0.2) is 38.9 Å². The number of benzene rings is 2. The van der Waals surface area contributed by atoms with Crippen LogP contribution in [-0.2, 0) is 9.53 Å². The number of amides is 1. The van der Waals surface area contributed by atoms with Crippen molar-refractivity contribution in [3.8, 4) is 0 Å². The summed E-state index contributed by atoms with van der Waals surface area (Å²) in [5.41, 5.74) is 1.24. The summed E-state index contributed by atoms with van der Waals surface area (Å²) >= 11 is 5.70. The lowest BCUT2D eigenvalue weighted by molar-refractivity contribution is -0.113. The molecule has 10 heteroatoms. The minimum atomic E-state index is -1.19. The fourth-order valence-corrected chi connectivity index (χ4v) is 4.52. The predicted molar refractivity (Wildman–Crippen MR) is 128 cm³/mol. The molecule has 1 aliphatic heterocycles. The molecule has 1 fully saturated rings. The number of alkyl halides is 1. The van der Waals surface area contributed by atoms with E-state index in [1.54, 1.807) is 31.3 Å². The van der Waals surface area contributed by atoms with E-state index in [2.05, 4.69) is 15.4 Å². The molecule has 5 rings (SSSR count). The second-order valence-electron chi connectivity index (χ2n) is 8.44. The van der Waals surface area contributed by atoms with Gasteiger partial charge in [-0.2, -0.15) is 5.10 Å². The maximum atomic E-state index is 14.7. The molecule has 1 amide bonds. The molecule has 0 aliphatic carbocycles. The molecule has 2 aromatic heterocycles. The van der Waals surface area contributed by atoms with Crippen molar-refractivity contribution in [2.75, 3.05) is 17.8 Å². The first-order chi connectivity index (χ1) is 16.9. The smallest absolute Gasteiger partial charge is 0.239 e. The molecule has 0 radical (unpaired) electrons. The molecule has 2 aromatic carbocycles. The number of aryl methyl sites for hydroxylation is 1. The van der Waals surface area contributed by atoms with Gasteiger partial charge in [-0.15, -0.1) is 11.6 Å². The van der Waals surface area contributed by atoms with Crippen LogP contribution in [0.2, 0.25) is 0 Å². The van der Waals surface area contributed by atoms with Gasteiger partial charge >= 0.3 is 0 Å². The second-order valence-corrected chi connectivity index (χ2v) is 8.71. The topological polar surface area (TPSA) is 86.1 Å². The van der Waals surface area contributed by atoms with Crippen molar-refractivity contribution in [1.29, 1.82) is 0 Å². The van der Waals surface area contributed by atoms with Crippen LogP contribution in [0, 0.1) is 18.6 Å². The van der Waals surface area contributed by atoms with Gasteiger partial charge in [0.15, 0.2) is 17.4 Å². The number of ketones is 1. The third-order valence-electron chi connectivity index (χ3n) is 6.12. The second kappa shape index (κ2) is 9.31. The lowest BCUT2D eigenvalue weighted by Gasteiger charge is -2.22. The predicted octanol–water partition coefficient (Wildman–Crippen LogP) is 5.28. The number of hydrogen-bond acceptors (Lipinski definition) is 5. The Morgan fingerprint density at radius 3 is 2.77 bits per heavy atom. The number of ether oxygens (including phenoxy) is 1. The van der Waals surface area contributed by atoms with E-state index in [4.69, 9.17) is 16.3 Å². The molecular weight excluding hydrogens is 478 g/mol. The van der Waals surface area contributed by atoms with Crippen LogP contribution in [0.4, 0.5) is 14.5 Å². The number of fused-ring (bicyclic) bond motifs is 2. The van der Waals surface area contributed by atoms with E-state index in [-0.39, 0.29) is 33.6 Å². The summed E-state index contributed by atoms with van der Waals surface area (Å²) < 4.78 is 36.5. The van der Waals surface area contributed by atoms with Gasteiger partial charge in [0, 0.05) is 40.9 Å². The van der Waals surface area contributed by atoms with Gasteiger partial charge in [0.05, 0.1) is 11.2 Å². The summed E-state index contributed by atoms with van der Waals surface area (Å²) in [6.45, 7) is 2.32. The van der Waals surface area contributed by atoms with Crippen molar-refractivity contribution in [3.63, 3.8) is 0 Å². The molecule has 1 unspecified atom stereocenters. The number of halogens is 3. The number of nitrogens with one attached hydrogen (secondary N) is 1. The van der Waals surface area contributed by atoms with Crippen molar-refractivity contribution >= 4 is 50.8 Å². The van der Waals surface area contributed by atoms with E-state index in [0.717, 1.165) is 18.9 Å². The minimum absolute atomic E-state index is 0.0787. The van der Waals surface area contributed by atoms with Gasteiger partial charge in [-0.05, 0) is 56.0 Å². The highest BCUT2D eigenvalue weighted by Crippen LogP contribution is 2.34. The van der Waals surface area contributed by atoms with Gasteiger partial charge in [-0.25, -0.2) is 13.5 Å². The Balaban J connectivity index is 1.71. The highest BCUT2D eigenvalue weighted by Gasteiger charge is 2.27. The monoisotopic (exact) mass is 498 g/mol. The van der Waals surface area contributed by atoms with Crippen molar-refractivity contribution in [1.82, 2.24) is 14.8 Å². The summed E-state index contributed by atoms with van der Waals surface area (Å²) in [7, 11) is 0. The summed E-state index contributed by atoms with van der Waals surface area (Å²) in [6, 6.07) is 5.83. The van der Waals surface area contributed by atoms with Crippen LogP contribution in [0.5, 0.6) is 0 Å². The average molecular weight is 499 g/mol. The number of rotatable bonds is 5. The van der Waals surface area contributed by atoms with E-state index >= 15 is 0 Å². The Morgan fingerprint density at radius 1 is 1.20 bits per heavy atom. The van der Waals surface area contributed by atoms with Gasteiger partial charge in [0.2, 0.25) is 5.91 Å². The van der Waals surface area contributed by atoms with Crippen molar-refractivity contribution < 1.29 is 23.1 Å². The zero-order chi connectivity index (χ0) is 24.7. The molecular formula is C25H21ClF2N4O3. The zero-order valence-electron chi connectivity index (χ0n) is 18.8. The molecule has 7 nitrogen and oxygen atoms in total. The van der Waals surface area contributed by atoms with E-state index < -0.39 is 29.6 Å². The van der Waals surface area contributed by atoms with E-state index in [1.807, 2.05) is 0 Å². The quantitative estimate of drug-likeness (QED) is 0.299. The average Bonchev–Trinajstić information content (AvgIpc) is 3.33. The number of carbonyl (C=O) groups is 2. The van der Waals surface area contributed by atoms with Crippen LogP contribution < -0.4 is 5.32 Å². The lowest BCUT2D eigenvalue weighted by Crippen LogP contribution is -2.18. The SMILES string of the molecule is Cc1cc(C(=O)c2cc(F)c(F)c3nn(C4CCCCO4)cc23)c(NC(=O)CCl)c2cccnc12. The lowest BCUT2D eigenvalue weighted by atomic mass is 9.94. The van der Waals surface area contributed by atoms with Gasteiger partial charge in [0.25, 0.3) is 0 Å². The van der Waals surface area contributed by atoms with E-state index in [1.165, 1.54) is 10.9 Å². The normalized spacial score (nSPS) is 16.1. The molecule has 0 spiro atoms. The first kappa shape index (κ1) is 23.3. The molecule has 4 aromatic rings. The van der Waals surface area contributed by atoms with Crippen LogP contribution in [0.3, 0.4) is 0 Å². The Morgan fingerprint density at radius 2 is 2.03 bits per heavy atom. The van der Waals surface area contributed by atoms with Crippen LogP contribution in [0.1, 0.15) is 47.0 Å². The van der Waals surface area contributed by atoms with Crippen molar-refractivity contribution in [3.05, 3.63) is 65.0 Å². The Labute approximate surface area is 204 Å². The van der Waals surface area contributed by atoms with E-state index in [0.29, 0.717) is 29.5 Å². The molecule has 0 bridgehead atoms. The molecule has 3 heterocycles. The van der Waals surface area contributed by atoms with E-state index in [9.17, 15) is 18.4 Å². The molecule has 1 atom stereocenters. The third-order valence-corrected chi connectivity index (χ3v) is 6.36. The summed E-state index contributed by atoms with van der Waals surface area (Å²) in [4.78, 5) is 30.4. The number of pyridine rings is 1. The molecule has 1 aliphatic rings. The number of anilines is 1. The maximum Gasteiger partial charge on any atom is 0.239 e. The van der Waals surface area contributed by atoms with Gasteiger partial charge in [0.1, 0.15) is 17.6 Å². The van der Waals surface area contributed by atoms with Crippen molar-refractivity contribution in [2.24, 2.45) is 0 Å². The fourth-order valence-electron chi connectivity index (χ4n) is 4.45. The largest absolute Gasteiger partial charge is 0.357 e. The molecule has 180 valence electrons. The number of hydrogen-bond donors (Lipinski definition) is 1. The Bertz CT molecular complexity index is 1480. The van der Waals surface area contributed by atoms with Gasteiger partial charge < -0.3 is 10.1 Å². The first-order valence-corrected chi connectivity index (χ1v) is 11.7. The fraction of sp³-hybridized carbons (Fsp3) is 0.280. The number of nitrogens with zero attached hydrogens (tertiary/aromatic N) is 3. The summed E-state index contributed by atoms with van der Waals surface area (Å²) in [5.74, 6) is -3.78. The van der Waals surface area contributed by atoms with Crippen LogP contribution in [0.15, 0.2) is 36.7 Å².